The van der Waals surface area contributed by atoms with Crippen molar-refractivity contribution in [3.63, 3.8) is 0 Å². The fourth-order valence-corrected chi connectivity index (χ4v) is 4.36. The van der Waals surface area contributed by atoms with Crippen LogP contribution >= 0.6 is 31.9 Å². The maximum Gasteiger partial charge on any atom is 0.246 e. The van der Waals surface area contributed by atoms with Gasteiger partial charge in [0.25, 0.3) is 0 Å². The van der Waals surface area contributed by atoms with Crippen LogP contribution in [0.5, 0.6) is 0 Å². The third kappa shape index (κ3) is 3.93. The number of sulfonamides is 1. The zero-order valence-electron chi connectivity index (χ0n) is 9.68. The Kier molecular flexibility index (Phi) is 5.44. The first-order valence-electron chi connectivity index (χ1n) is 4.95. The van der Waals surface area contributed by atoms with E-state index in [1.165, 1.54) is 6.92 Å². The van der Waals surface area contributed by atoms with E-state index in [9.17, 15) is 21.6 Å². The molecule has 9 heteroatoms. The lowest BCUT2D eigenvalue weighted by Crippen LogP contribution is -2.49. The second-order valence-electron chi connectivity index (χ2n) is 4.13. The molecule has 0 radical (unpaired) electrons. The van der Waals surface area contributed by atoms with Crippen LogP contribution in [0.1, 0.15) is 6.92 Å². The standard InChI is InChI=1S/C10H10Br2F3NO2S/c1-10(4-11,5-12)16-19(17,18)9-7(14)2-6(13)3-8(9)15/h2-3,16H,4-5H2,1H3. The third-order valence-corrected chi connectivity index (χ3v) is 6.37. The van der Waals surface area contributed by atoms with Gasteiger partial charge in [-0.2, -0.15) is 0 Å². The molecule has 0 unspecified atom stereocenters. The quantitative estimate of drug-likeness (QED) is 0.738. The van der Waals surface area contributed by atoms with Gasteiger partial charge in [0, 0.05) is 28.3 Å². The summed E-state index contributed by atoms with van der Waals surface area (Å²) in [7, 11) is -4.45. The molecule has 0 aliphatic heterocycles. The van der Waals surface area contributed by atoms with E-state index >= 15 is 0 Å². The minimum absolute atomic E-state index is 0.217. The van der Waals surface area contributed by atoms with Crippen molar-refractivity contribution >= 4 is 41.9 Å². The summed E-state index contributed by atoms with van der Waals surface area (Å²) in [5, 5.41) is 0.434. The van der Waals surface area contributed by atoms with E-state index in [2.05, 4.69) is 36.6 Å². The second kappa shape index (κ2) is 6.11. The summed E-state index contributed by atoms with van der Waals surface area (Å²) in [5.41, 5.74) is -0.980. The normalized spacial score (nSPS) is 12.7. The molecule has 0 saturated carbocycles. The van der Waals surface area contributed by atoms with Gasteiger partial charge < -0.3 is 0 Å². The molecule has 1 aromatic rings. The first-order chi connectivity index (χ1) is 8.65. The maximum atomic E-state index is 13.5. The molecule has 0 atom stereocenters. The lowest BCUT2D eigenvalue weighted by molar-refractivity contribution is 0.476. The summed E-state index contributed by atoms with van der Waals surface area (Å²) in [5.74, 6) is -4.13. The highest BCUT2D eigenvalue weighted by molar-refractivity contribution is 9.09. The number of alkyl halides is 2. The lowest BCUT2D eigenvalue weighted by Gasteiger charge is -2.26. The van der Waals surface area contributed by atoms with E-state index in [1.54, 1.807) is 0 Å². The Hall–Kier alpha value is -0.120. The van der Waals surface area contributed by atoms with Crippen molar-refractivity contribution in [2.45, 2.75) is 17.4 Å². The van der Waals surface area contributed by atoms with E-state index < -0.39 is 37.9 Å². The average molecular weight is 425 g/mol. The summed E-state index contributed by atoms with van der Waals surface area (Å²) in [6, 6.07) is 0.633. The van der Waals surface area contributed by atoms with Crippen LogP contribution in [0.2, 0.25) is 0 Å². The van der Waals surface area contributed by atoms with Crippen LogP contribution in [-0.4, -0.2) is 24.6 Å². The van der Waals surface area contributed by atoms with E-state index in [-0.39, 0.29) is 10.7 Å². The minimum atomic E-state index is -4.45. The highest BCUT2D eigenvalue weighted by Gasteiger charge is 2.33. The molecule has 19 heavy (non-hydrogen) atoms. The zero-order valence-corrected chi connectivity index (χ0v) is 13.7. The molecular formula is C10H10Br2F3NO2S. The van der Waals surface area contributed by atoms with Gasteiger partial charge in [-0.05, 0) is 6.92 Å². The van der Waals surface area contributed by atoms with Crippen molar-refractivity contribution in [1.29, 1.82) is 0 Å². The van der Waals surface area contributed by atoms with Crippen molar-refractivity contribution in [3.05, 3.63) is 29.6 Å². The predicted molar refractivity (Wildman–Crippen MR) is 72.6 cm³/mol. The molecule has 0 aliphatic carbocycles. The van der Waals surface area contributed by atoms with Crippen LogP contribution in [-0.2, 0) is 10.0 Å². The predicted octanol–water partition coefficient (Wildman–Crippen LogP) is 2.93. The highest BCUT2D eigenvalue weighted by Crippen LogP contribution is 2.23. The summed E-state index contributed by atoms with van der Waals surface area (Å²) in [4.78, 5) is -1.19. The molecule has 0 heterocycles. The van der Waals surface area contributed by atoms with Crippen LogP contribution < -0.4 is 4.72 Å². The smallest absolute Gasteiger partial charge is 0.207 e. The molecule has 1 aromatic carbocycles. The van der Waals surface area contributed by atoms with Crippen LogP contribution in [0.4, 0.5) is 13.2 Å². The molecule has 0 amide bonds. The van der Waals surface area contributed by atoms with Crippen molar-refractivity contribution in [2.24, 2.45) is 0 Å². The topological polar surface area (TPSA) is 46.2 Å². The molecule has 3 nitrogen and oxygen atoms in total. The Bertz CT molecular complexity index is 553. The van der Waals surface area contributed by atoms with Gasteiger partial charge in [-0.3, -0.25) is 0 Å². The van der Waals surface area contributed by atoms with Gasteiger partial charge in [0.15, 0.2) is 4.90 Å². The van der Waals surface area contributed by atoms with Crippen LogP contribution in [0.3, 0.4) is 0 Å². The van der Waals surface area contributed by atoms with E-state index in [0.29, 0.717) is 12.1 Å². The Balaban J connectivity index is 3.29. The molecule has 1 rings (SSSR count). The number of hydrogen-bond acceptors (Lipinski definition) is 2. The number of nitrogens with one attached hydrogen (secondary N) is 1. The lowest BCUT2D eigenvalue weighted by atomic mass is 10.1. The van der Waals surface area contributed by atoms with Gasteiger partial charge in [-0.15, -0.1) is 0 Å². The number of halogens is 5. The van der Waals surface area contributed by atoms with E-state index in [4.69, 9.17) is 0 Å². The van der Waals surface area contributed by atoms with Gasteiger partial charge in [-0.25, -0.2) is 26.3 Å². The second-order valence-corrected chi connectivity index (χ2v) is 6.87. The van der Waals surface area contributed by atoms with Crippen molar-refractivity contribution < 1.29 is 21.6 Å². The first kappa shape index (κ1) is 16.9. The van der Waals surface area contributed by atoms with E-state index in [0.717, 1.165) is 0 Å². The fraction of sp³-hybridized carbons (Fsp3) is 0.400. The van der Waals surface area contributed by atoms with Gasteiger partial charge >= 0.3 is 0 Å². The van der Waals surface area contributed by atoms with Crippen molar-refractivity contribution in [3.8, 4) is 0 Å². The summed E-state index contributed by atoms with van der Waals surface area (Å²) in [6.45, 7) is 1.54. The third-order valence-electron chi connectivity index (χ3n) is 2.20. The molecule has 0 aliphatic rings. The first-order valence-corrected chi connectivity index (χ1v) is 8.68. The Morgan fingerprint density at radius 1 is 1.16 bits per heavy atom. The summed E-state index contributed by atoms with van der Waals surface area (Å²) >= 11 is 6.20. The molecule has 0 fully saturated rings. The zero-order chi connectivity index (χ0) is 14.8. The van der Waals surface area contributed by atoms with Crippen LogP contribution in [0.25, 0.3) is 0 Å². The largest absolute Gasteiger partial charge is 0.246 e. The minimum Gasteiger partial charge on any atom is -0.207 e. The van der Waals surface area contributed by atoms with Gasteiger partial charge in [0.2, 0.25) is 10.0 Å². The van der Waals surface area contributed by atoms with Crippen molar-refractivity contribution in [2.75, 3.05) is 10.7 Å². The average Bonchev–Trinajstić information content (AvgIpc) is 2.26. The molecule has 0 aromatic heterocycles. The van der Waals surface area contributed by atoms with Crippen LogP contribution in [0, 0.1) is 17.5 Å². The summed E-state index contributed by atoms with van der Waals surface area (Å²) in [6.07, 6.45) is 0. The molecule has 1 N–H and O–H groups in total. The fourth-order valence-electron chi connectivity index (χ4n) is 1.25. The summed E-state index contributed by atoms with van der Waals surface area (Å²) < 4.78 is 65.8. The molecule has 108 valence electrons. The Morgan fingerprint density at radius 2 is 1.58 bits per heavy atom. The van der Waals surface area contributed by atoms with E-state index in [1.807, 2.05) is 0 Å². The SMILES string of the molecule is CC(CBr)(CBr)NS(=O)(=O)c1c(F)cc(F)cc1F. The number of benzene rings is 1. The molecule has 0 spiro atoms. The number of rotatable bonds is 5. The molecule has 0 saturated heterocycles. The van der Waals surface area contributed by atoms with Crippen molar-refractivity contribution in [1.82, 2.24) is 4.72 Å². The highest BCUT2D eigenvalue weighted by atomic mass is 79.9. The molecular weight excluding hydrogens is 415 g/mol. The Morgan fingerprint density at radius 3 is 1.95 bits per heavy atom. The van der Waals surface area contributed by atoms with Crippen LogP contribution in [0.15, 0.2) is 17.0 Å². The van der Waals surface area contributed by atoms with Gasteiger partial charge in [-0.1, -0.05) is 31.9 Å². The van der Waals surface area contributed by atoms with Gasteiger partial charge in [0.05, 0.1) is 0 Å². The molecule has 0 bridgehead atoms. The number of hydrogen-bond donors (Lipinski definition) is 1. The Labute approximate surface area is 125 Å². The van der Waals surface area contributed by atoms with Gasteiger partial charge in [0.1, 0.15) is 17.5 Å². The monoisotopic (exact) mass is 423 g/mol. The maximum absolute atomic E-state index is 13.5.